The van der Waals surface area contributed by atoms with Gasteiger partial charge in [-0.25, -0.2) is 8.78 Å². The maximum atomic E-state index is 13.6. The molecule has 110 valence electrons. The summed E-state index contributed by atoms with van der Waals surface area (Å²) in [6.45, 7) is 3.13. The minimum atomic E-state index is -0.553. The van der Waals surface area contributed by atoms with Crippen LogP contribution in [0.25, 0.3) is 0 Å². The summed E-state index contributed by atoms with van der Waals surface area (Å²) < 4.78 is 31.9. The monoisotopic (exact) mass is 289 g/mol. The number of fused-ring (bicyclic) bond motifs is 1. The second kappa shape index (κ2) is 5.82. The van der Waals surface area contributed by atoms with Crippen LogP contribution in [0.4, 0.5) is 8.78 Å². The number of rotatable bonds is 4. The molecule has 0 radical (unpaired) electrons. The molecule has 3 rings (SSSR count). The van der Waals surface area contributed by atoms with Crippen LogP contribution in [0.5, 0.6) is 5.75 Å². The summed E-state index contributed by atoms with van der Waals surface area (Å²) in [5, 5.41) is 3.26. The van der Waals surface area contributed by atoms with E-state index in [1.807, 2.05) is 19.1 Å². The second-order valence-corrected chi connectivity index (χ2v) is 5.30. The van der Waals surface area contributed by atoms with E-state index in [-0.39, 0.29) is 6.04 Å². The van der Waals surface area contributed by atoms with E-state index in [2.05, 4.69) is 11.4 Å². The molecule has 0 aliphatic carbocycles. The Bertz CT molecular complexity index is 657. The fourth-order valence-electron chi connectivity index (χ4n) is 2.52. The van der Waals surface area contributed by atoms with Crippen molar-refractivity contribution in [3.8, 4) is 5.75 Å². The van der Waals surface area contributed by atoms with Crippen molar-refractivity contribution in [3.63, 3.8) is 0 Å². The third kappa shape index (κ3) is 3.05. The Balaban J connectivity index is 1.67. The van der Waals surface area contributed by atoms with Crippen molar-refractivity contribution >= 4 is 0 Å². The average molecular weight is 289 g/mol. The smallest absolute Gasteiger partial charge is 0.130 e. The second-order valence-electron chi connectivity index (χ2n) is 5.30. The molecule has 0 bridgehead atoms. The Morgan fingerprint density at radius 1 is 1.19 bits per heavy atom. The van der Waals surface area contributed by atoms with Crippen molar-refractivity contribution in [2.45, 2.75) is 25.9 Å². The van der Waals surface area contributed by atoms with E-state index in [4.69, 9.17) is 4.74 Å². The van der Waals surface area contributed by atoms with Gasteiger partial charge < -0.3 is 10.1 Å². The molecule has 2 aromatic rings. The topological polar surface area (TPSA) is 21.3 Å². The van der Waals surface area contributed by atoms with Crippen molar-refractivity contribution in [1.82, 2.24) is 5.32 Å². The van der Waals surface area contributed by atoms with E-state index in [0.29, 0.717) is 12.1 Å². The quantitative estimate of drug-likeness (QED) is 0.925. The van der Waals surface area contributed by atoms with Crippen molar-refractivity contribution in [3.05, 3.63) is 64.7 Å². The molecule has 0 saturated carbocycles. The highest BCUT2D eigenvalue weighted by molar-refractivity contribution is 5.40. The van der Waals surface area contributed by atoms with Crippen LogP contribution in [-0.2, 0) is 13.0 Å². The zero-order valence-electron chi connectivity index (χ0n) is 11.8. The lowest BCUT2D eigenvalue weighted by molar-refractivity contribution is 0.356. The van der Waals surface area contributed by atoms with Gasteiger partial charge in [0.15, 0.2) is 0 Å². The van der Waals surface area contributed by atoms with Crippen LogP contribution in [0.2, 0.25) is 0 Å². The van der Waals surface area contributed by atoms with Crippen LogP contribution in [-0.4, -0.2) is 6.61 Å². The Morgan fingerprint density at radius 2 is 2.05 bits per heavy atom. The highest BCUT2D eigenvalue weighted by Crippen LogP contribution is 2.28. The van der Waals surface area contributed by atoms with Crippen LogP contribution in [0, 0.1) is 11.6 Å². The highest BCUT2D eigenvalue weighted by atomic mass is 19.1. The van der Waals surface area contributed by atoms with E-state index in [9.17, 15) is 8.78 Å². The average Bonchev–Trinajstić information content (AvgIpc) is 2.93. The van der Waals surface area contributed by atoms with Gasteiger partial charge >= 0.3 is 0 Å². The molecule has 0 saturated heterocycles. The SMILES string of the molecule is CC(NCc1ccc(F)cc1F)c1ccc2c(c1)CCO2. The molecule has 0 amide bonds. The first-order valence-corrected chi connectivity index (χ1v) is 7.06. The lowest BCUT2D eigenvalue weighted by atomic mass is 10.0. The molecule has 1 N–H and O–H groups in total. The third-order valence-corrected chi connectivity index (χ3v) is 3.83. The van der Waals surface area contributed by atoms with Crippen molar-refractivity contribution < 1.29 is 13.5 Å². The Kier molecular flexibility index (Phi) is 3.88. The largest absolute Gasteiger partial charge is 0.493 e. The molecule has 0 spiro atoms. The summed E-state index contributed by atoms with van der Waals surface area (Å²) in [4.78, 5) is 0. The molecule has 0 fully saturated rings. The lowest BCUT2D eigenvalue weighted by Crippen LogP contribution is -2.19. The minimum Gasteiger partial charge on any atom is -0.493 e. The van der Waals surface area contributed by atoms with E-state index in [1.54, 1.807) is 0 Å². The summed E-state index contributed by atoms with van der Waals surface area (Å²) in [6, 6.07) is 9.87. The van der Waals surface area contributed by atoms with Crippen LogP contribution >= 0.6 is 0 Å². The molecule has 2 aromatic carbocycles. The van der Waals surface area contributed by atoms with Crippen LogP contribution in [0.15, 0.2) is 36.4 Å². The first kappa shape index (κ1) is 14.0. The van der Waals surface area contributed by atoms with Gasteiger partial charge in [-0.15, -0.1) is 0 Å². The van der Waals surface area contributed by atoms with Crippen LogP contribution < -0.4 is 10.1 Å². The maximum absolute atomic E-state index is 13.6. The first-order valence-electron chi connectivity index (χ1n) is 7.06. The number of benzene rings is 2. The molecule has 21 heavy (non-hydrogen) atoms. The summed E-state index contributed by atoms with van der Waals surface area (Å²) in [7, 11) is 0. The van der Waals surface area contributed by atoms with Gasteiger partial charge in [-0.2, -0.15) is 0 Å². The normalized spacial score (nSPS) is 14.6. The number of hydrogen-bond acceptors (Lipinski definition) is 2. The van der Waals surface area contributed by atoms with Gasteiger partial charge in [0.05, 0.1) is 6.61 Å². The lowest BCUT2D eigenvalue weighted by Gasteiger charge is -2.15. The molecule has 0 aromatic heterocycles. The van der Waals surface area contributed by atoms with Gasteiger partial charge in [-0.3, -0.25) is 0 Å². The van der Waals surface area contributed by atoms with Crippen molar-refractivity contribution in [2.75, 3.05) is 6.61 Å². The number of ether oxygens (including phenoxy) is 1. The van der Waals surface area contributed by atoms with Gasteiger partial charge in [0, 0.05) is 30.6 Å². The summed E-state index contributed by atoms with van der Waals surface area (Å²) in [5.74, 6) is -0.115. The number of halogens is 2. The summed E-state index contributed by atoms with van der Waals surface area (Å²) >= 11 is 0. The minimum absolute atomic E-state index is 0.0837. The molecule has 1 heterocycles. The molecule has 1 aliphatic heterocycles. The molecule has 1 atom stereocenters. The molecular formula is C17H17F2NO. The van der Waals surface area contributed by atoms with Crippen molar-refractivity contribution in [1.29, 1.82) is 0 Å². The Hall–Kier alpha value is -1.94. The zero-order chi connectivity index (χ0) is 14.8. The van der Waals surface area contributed by atoms with Gasteiger partial charge in [-0.1, -0.05) is 18.2 Å². The van der Waals surface area contributed by atoms with Crippen LogP contribution in [0.3, 0.4) is 0 Å². The molecular weight excluding hydrogens is 272 g/mol. The summed E-state index contributed by atoms with van der Waals surface area (Å²) in [6.07, 6.45) is 0.933. The fourth-order valence-corrected chi connectivity index (χ4v) is 2.52. The highest BCUT2D eigenvalue weighted by Gasteiger charge is 2.14. The predicted octanol–water partition coefficient (Wildman–Crippen LogP) is 3.75. The number of nitrogens with one attached hydrogen (secondary N) is 1. The van der Waals surface area contributed by atoms with Gasteiger partial charge in [-0.05, 0) is 30.2 Å². The van der Waals surface area contributed by atoms with E-state index < -0.39 is 11.6 Å². The molecule has 1 aliphatic rings. The fraction of sp³-hybridized carbons (Fsp3) is 0.294. The van der Waals surface area contributed by atoms with Gasteiger partial charge in [0.25, 0.3) is 0 Å². The third-order valence-electron chi connectivity index (χ3n) is 3.83. The summed E-state index contributed by atoms with van der Waals surface area (Å²) in [5.41, 5.74) is 2.82. The molecule has 2 nitrogen and oxygen atoms in total. The molecule has 4 heteroatoms. The zero-order valence-corrected chi connectivity index (χ0v) is 11.8. The first-order chi connectivity index (χ1) is 10.1. The van der Waals surface area contributed by atoms with Crippen molar-refractivity contribution in [2.24, 2.45) is 0 Å². The van der Waals surface area contributed by atoms with Gasteiger partial charge in [0.2, 0.25) is 0 Å². The Labute approximate surface area is 122 Å². The maximum Gasteiger partial charge on any atom is 0.130 e. The predicted molar refractivity (Wildman–Crippen MR) is 77.3 cm³/mol. The van der Waals surface area contributed by atoms with E-state index in [1.165, 1.54) is 17.7 Å². The Morgan fingerprint density at radius 3 is 2.86 bits per heavy atom. The van der Waals surface area contributed by atoms with Gasteiger partial charge in [0.1, 0.15) is 17.4 Å². The van der Waals surface area contributed by atoms with E-state index >= 15 is 0 Å². The van der Waals surface area contributed by atoms with E-state index in [0.717, 1.165) is 30.4 Å². The molecule has 1 unspecified atom stereocenters. The standard InChI is InChI=1S/C17H17F2NO/c1-11(12-3-5-17-13(8-12)6-7-21-17)20-10-14-2-4-15(18)9-16(14)19/h2-5,8-9,11,20H,6-7,10H2,1H3. The van der Waals surface area contributed by atoms with Crippen LogP contribution in [0.1, 0.15) is 29.7 Å². The number of hydrogen-bond donors (Lipinski definition) is 1.